The second-order valence-corrected chi connectivity index (χ2v) is 10.1. The predicted molar refractivity (Wildman–Crippen MR) is 140 cm³/mol. The van der Waals surface area contributed by atoms with Crippen molar-refractivity contribution in [2.24, 2.45) is 10.1 Å². The highest BCUT2D eigenvalue weighted by atomic mass is 32.1. The Morgan fingerprint density at radius 1 is 1.00 bits per heavy atom. The predicted octanol–water partition coefficient (Wildman–Crippen LogP) is 6.38. The lowest BCUT2D eigenvalue weighted by Crippen LogP contribution is -2.32. The molecule has 182 valence electrons. The van der Waals surface area contributed by atoms with Gasteiger partial charge in [-0.1, -0.05) is 69.4 Å². The van der Waals surface area contributed by atoms with Crippen molar-refractivity contribution in [1.29, 1.82) is 0 Å². The first-order valence-electron chi connectivity index (χ1n) is 12.7. The summed E-state index contributed by atoms with van der Waals surface area (Å²) < 4.78 is 16.5. The molecule has 5 rings (SSSR count). The van der Waals surface area contributed by atoms with Crippen LogP contribution >= 0.6 is 11.3 Å². The quantitative estimate of drug-likeness (QED) is 0.355. The van der Waals surface area contributed by atoms with E-state index < -0.39 is 0 Å². The molecule has 2 heterocycles. The average molecular weight is 491 g/mol. The second-order valence-electron chi connectivity index (χ2n) is 9.25. The largest absolute Gasteiger partial charge is 0.306 e. The standard InChI is InChI=1S/C28H31FN4OS/c1-2-3-11-18-32-24-17-10-8-15-22(24)26(27(32)34)31-33-25(21-14-7-9-16-23(21)29)19-35-28(33)30-20-12-5-4-6-13-20/h7-10,14-17,19-20H,2-6,11-13,18H2,1H3/b30-28?,31-26+. The van der Waals surface area contributed by atoms with E-state index >= 15 is 0 Å². The first kappa shape index (κ1) is 23.7. The zero-order valence-corrected chi connectivity index (χ0v) is 20.9. The molecule has 1 saturated carbocycles. The van der Waals surface area contributed by atoms with Gasteiger partial charge in [0.15, 0.2) is 5.71 Å². The van der Waals surface area contributed by atoms with Crippen molar-refractivity contribution < 1.29 is 9.18 Å². The molecular weight excluding hydrogens is 459 g/mol. The van der Waals surface area contributed by atoms with Gasteiger partial charge >= 0.3 is 0 Å². The summed E-state index contributed by atoms with van der Waals surface area (Å²) in [5.41, 5.74) is 3.16. The SMILES string of the molecule is CCCCCN1C(=O)/C(=N/n2c(-c3ccccc3F)csc2=NC2CCCCC2)c2ccccc21. The molecule has 0 radical (unpaired) electrons. The first-order valence-corrected chi connectivity index (χ1v) is 13.5. The fraction of sp³-hybridized carbons (Fsp3) is 0.393. The Hall–Kier alpha value is -3.06. The fourth-order valence-electron chi connectivity index (χ4n) is 4.91. The third-order valence-electron chi connectivity index (χ3n) is 6.79. The van der Waals surface area contributed by atoms with E-state index in [1.165, 1.54) is 36.7 Å². The number of fused-ring (bicyclic) bond motifs is 1. The number of benzene rings is 2. The van der Waals surface area contributed by atoms with Gasteiger partial charge in [-0.2, -0.15) is 5.10 Å². The van der Waals surface area contributed by atoms with Gasteiger partial charge in [0.25, 0.3) is 5.91 Å². The minimum absolute atomic E-state index is 0.107. The van der Waals surface area contributed by atoms with Gasteiger partial charge in [0.1, 0.15) is 5.82 Å². The lowest BCUT2D eigenvalue weighted by molar-refractivity contribution is -0.112. The van der Waals surface area contributed by atoms with E-state index in [2.05, 4.69) is 6.92 Å². The number of aromatic nitrogens is 1. The van der Waals surface area contributed by atoms with E-state index in [9.17, 15) is 9.18 Å². The van der Waals surface area contributed by atoms with E-state index in [1.54, 1.807) is 16.8 Å². The monoisotopic (exact) mass is 490 g/mol. The smallest absolute Gasteiger partial charge is 0.279 e. The summed E-state index contributed by atoms with van der Waals surface area (Å²) >= 11 is 1.45. The summed E-state index contributed by atoms with van der Waals surface area (Å²) in [5.74, 6) is -0.424. The number of para-hydroxylation sites is 1. The highest BCUT2D eigenvalue weighted by molar-refractivity contribution is 7.07. The summed E-state index contributed by atoms with van der Waals surface area (Å²) in [7, 11) is 0. The zero-order chi connectivity index (χ0) is 24.2. The van der Waals surface area contributed by atoms with Gasteiger partial charge < -0.3 is 4.90 Å². The number of amides is 1. The summed E-state index contributed by atoms with van der Waals surface area (Å²) in [4.78, 5) is 21.1. The zero-order valence-electron chi connectivity index (χ0n) is 20.1. The average Bonchev–Trinajstić information content (AvgIpc) is 3.39. The summed E-state index contributed by atoms with van der Waals surface area (Å²) in [5, 5.41) is 6.79. The number of hydrogen-bond donors (Lipinski definition) is 0. The molecule has 0 atom stereocenters. The van der Waals surface area contributed by atoms with Crippen molar-refractivity contribution in [3.63, 3.8) is 0 Å². The molecule has 2 aromatic carbocycles. The lowest BCUT2D eigenvalue weighted by Gasteiger charge is -2.17. The van der Waals surface area contributed by atoms with Crippen LogP contribution in [0.3, 0.4) is 0 Å². The second kappa shape index (κ2) is 10.7. The van der Waals surface area contributed by atoms with Crippen LogP contribution in [-0.2, 0) is 4.79 Å². The van der Waals surface area contributed by atoms with Crippen LogP contribution in [0.1, 0.15) is 63.9 Å². The number of halogens is 1. The molecule has 35 heavy (non-hydrogen) atoms. The number of anilines is 1. The summed E-state index contributed by atoms with van der Waals surface area (Å²) in [6.45, 7) is 2.82. The summed E-state index contributed by atoms with van der Waals surface area (Å²) in [6.07, 6.45) is 8.80. The summed E-state index contributed by atoms with van der Waals surface area (Å²) in [6, 6.07) is 14.7. The van der Waals surface area contributed by atoms with E-state index in [4.69, 9.17) is 10.1 Å². The van der Waals surface area contributed by atoms with Crippen molar-refractivity contribution in [3.8, 4) is 11.3 Å². The van der Waals surface area contributed by atoms with Crippen LogP contribution in [0.15, 0.2) is 64.0 Å². The normalized spacial score (nSPS) is 18.0. The Morgan fingerprint density at radius 2 is 1.74 bits per heavy atom. The Morgan fingerprint density at radius 3 is 2.51 bits per heavy atom. The van der Waals surface area contributed by atoms with Crippen molar-refractivity contribution in [2.75, 3.05) is 11.4 Å². The van der Waals surface area contributed by atoms with Crippen LogP contribution < -0.4 is 9.70 Å². The van der Waals surface area contributed by atoms with Gasteiger partial charge in [0, 0.05) is 23.1 Å². The number of carbonyl (C=O) groups is 1. The molecule has 1 aliphatic heterocycles. The van der Waals surface area contributed by atoms with Crippen molar-refractivity contribution in [1.82, 2.24) is 4.68 Å². The number of hydrogen-bond acceptors (Lipinski definition) is 4. The van der Waals surface area contributed by atoms with Crippen molar-refractivity contribution in [3.05, 3.63) is 70.1 Å². The fourth-order valence-corrected chi connectivity index (χ4v) is 5.80. The van der Waals surface area contributed by atoms with E-state index in [0.717, 1.165) is 43.4 Å². The minimum atomic E-state index is -0.317. The Kier molecular flexibility index (Phi) is 7.23. The van der Waals surface area contributed by atoms with E-state index in [-0.39, 0.29) is 17.8 Å². The molecular formula is C28H31FN4OS. The third kappa shape index (κ3) is 4.87. The molecule has 0 unspecified atom stereocenters. The highest BCUT2D eigenvalue weighted by Crippen LogP contribution is 2.31. The molecule has 7 heteroatoms. The molecule has 1 fully saturated rings. The Bertz CT molecular complexity index is 1300. The Labute approximate surface area is 209 Å². The highest BCUT2D eigenvalue weighted by Gasteiger charge is 2.34. The number of nitrogens with zero attached hydrogens (tertiary/aromatic N) is 4. The Balaban J connectivity index is 1.63. The van der Waals surface area contributed by atoms with Gasteiger partial charge in [-0.15, -0.1) is 11.3 Å². The van der Waals surface area contributed by atoms with Crippen LogP contribution in [0.5, 0.6) is 0 Å². The van der Waals surface area contributed by atoms with Gasteiger partial charge in [0.2, 0.25) is 4.80 Å². The maximum absolute atomic E-state index is 14.8. The maximum atomic E-state index is 14.8. The topological polar surface area (TPSA) is 50.0 Å². The molecule has 0 saturated heterocycles. The molecule has 1 aliphatic carbocycles. The van der Waals surface area contributed by atoms with Gasteiger partial charge in [-0.25, -0.2) is 9.07 Å². The molecule has 2 aliphatic rings. The minimum Gasteiger partial charge on any atom is -0.306 e. The molecule has 0 bridgehead atoms. The molecule has 3 aromatic rings. The molecule has 0 spiro atoms. The number of carbonyl (C=O) groups excluding carboxylic acids is 1. The molecule has 1 amide bonds. The molecule has 1 aromatic heterocycles. The van der Waals surface area contributed by atoms with Crippen LogP contribution in [0, 0.1) is 5.82 Å². The van der Waals surface area contributed by atoms with Gasteiger partial charge in [0.05, 0.1) is 17.4 Å². The van der Waals surface area contributed by atoms with Gasteiger partial charge in [-0.3, -0.25) is 9.79 Å². The number of thiazole rings is 1. The van der Waals surface area contributed by atoms with Crippen LogP contribution in [0.4, 0.5) is 10.1 Å². The van der Waals surface area contributed by atoms with Crippen LogP contribution in [0.25, 0.3) is 11.3 Å². The van der Waals surface area contributed by atoms with Crippen LogP contribution in [0.2, 0.25) is 0 Å². The van der Waals surface area contributed by atoms with E-state index in [0.29, 0.717) is 28.3 Å². The molecule has 0 N–H and O–H groups in total. The maximum Gasteiger partial charge on any atom is 0.279 e. The number of unbranched alkanes of at least 4 members (excludes halogenated alkanes) is 2. The number of rotatable bonds is 7. The van der Waals surface area contributed by atoms with E-state index in [1.807, 2.05) is 40.6 Å². The van der Waals surface area contributed by atoms with Crippen LogP contribution in [-0.4, -0.2) is 28.9 Å². The first-order chi connectivity index (χ1) is 17.2. The third-order valence-corrected chi connectivity index (χ3v) is 7.62. The molecule has 5 nitrogen and oxygen atoms in total. The van der Waals surface area contributed by atoms with Crippen molar-refractivity contribution >= 4 is 28.6 Å². The lowest BCUT2D eigenvalue weighted by atomic mass is 9.96. The van der Waals surface area contributed by atoms with Gasteiger partial charge in [-0.05, 0) is 37.5 Å². The van der Waals surface area contributed by atoms with Crippen molar-refractivity contribution in [2.45, 2.75) is 64.3 Å².